The van der Waals surface area contributed by atoms with Crippen molar-refractivity contribution in [1.82, 2.24) is 10.2 Å². The molecule has 2 amide bonds. The van der Waals surface area contributed by atoms with E-state index >= 15 is 0 Å². The van der Waals surface area contributed by atoms with E-state index in [9.17, 15) is 9.59 Å². The summed E-state index contributed by atoms with van der Waals surface area (Å²) < 4.78 is 16.7. The van der Waals surface area contributed by atoms with Gasteiger partial charge in [-0.05, 0) is 45.7 Å². The van der Waals surface area contributed by atoms with E-state index in [1.807, 2.05) is 32.9 Å². The number of carbonyl (C=O) groups is 2. The van der Waals surface area contributed by atoms with Crippen LogP contribution in [0.4, 0.5) is 4.79 Å². The van der Waals surface area contributed by atoms with Gasteiger partial charge in [-0.1, -0.05) is 12.1 Å². The first-order valence-corrected chi connectivity index (χ1v) is 8.99. The quantitative estimate of drug-likeness (QED) is 0.893. The molecule has 0 radical (unpaired) electrons. The van der Waals surface area contributed by atoms with Crippen LogP contribution in [0.5, 0.6) is 11.5 Å². The lowest BCUT2D eigenvalue weighted by Gasteiger charge is -2.29. The summed E-state index contributed by atoms with van der Waals surface area (Å²) in [6.45, 7) is 6.72. The molecule has 26 heavy (non-hydrogen) atoms. The summed E-state index contributed by atoms with van der Waals surface area (Å²) in [6, 6.07) is 7.20. The van der Waals surface area contributed by atoms with Crippen molar-refractivity contribution in [3.63, 3.8) is 0 Å². The molecule has 1 saturated heterocycles. The maximum absolute atomic E-state index is 12.4. The number of nitrogens with zero attached hydrogens (tertiary/aromatic N) is 1. The molecule has 2 heterocycles. The van der Waals surface area contributed by atoms with Crippen molar-refractivity contribution in [3.05, 3.63) is 24.3 Å². The smallest absolute Gasteiger partial charge is 0.410 e. The number of ether oxygens (including phenoxy) is 3. The second kappa shape index (κ2) is 7.43. The van der Waals surface area contributed by atoms with E-state index in [0.717, 1.165) is 12.8 Å². The van der Waals surface area contributed by atoms with Gasteiger partial charge in [0.1, 0.15) is 12.2 Å². The van der Waals surface area contributed by atoms with Gasteiger partial charge >= 0.3 is 6.09 Å². The lowest BCUT2D eigenvalue weighted by atomic mass is 10.2. The number of amides is 2. The van der Waals surface area contributed by atoms with Gasteiger partial charge in [0.2, 0.25) is 6.10 Å². The molecule has 7 nitrogen and oxygen atoms in total. The van der Waals surface area contributed by atoms with Crippen LogP contribution in [0.15, 0.2) is 24.3 Å². The van der Waals surface area contributed by atoms with Crippen LogP contribution in [0.3, 0.4) is 0 Å². The molecule has 0 aliphatic carbocycles. The SMILES string of the molecule is CC(C)(C)OC(=O)N1CCC[C@@H]1CNC(=O)[C@@H]1COc2ccccc2O1. The average molecular weight is 362 g/mol. The summed E-state index contributed by atoms with van der Waals surface area (Å²) in [6.07, 6.45) is 0.710. The highest BCUT2D eigenvalue weighted by molar-refractivity contribution is 5.82. The Morgan fingerprint density at radius 1 is 1.27 bits per heavy atom. The van der Waals surface area contributed by atoms with E-state index < -0.39 is 11.7 Å². The molecule has 0 saturated carbocycles. The monoisotopic (exact) mass is 362 g/mol. The molecule has 1 N–H and O–H groups in total. The van der Waals surface area contributed by atoms with Gasteiger partial charge in [0, 0.05) is 13.1 Å². The molecule has 0 spiro atoms. The second-order valence-electron chi connectivity index (χ2n) is 7.58. The largest absolute Gasteiger partial charge is 0.485 e. The zero-order chi connectivity index (χ0) is 18.7. The number of hydrogen-bond acceptors (Lipinski definition) is 5. The third-order valence-corrected chi connectivity index (χ3v) is 4.32. The minimum absolute atomic E-state index is 0.0643. The van der Waals surface area contributed by atoms with Crippen LogP contribution in [-0.2, 0) is 9.53 Å². The number of benzene rings is 1. The molecule has 0 aromatic heterocycles. The maximum atomic E-state index is 12.4. The highest BCUT2D eigenvalue weighted by Gasteiger charge is 2.33. The first-order valence-electron chi connectivity index (χ1n) is 8.99. The Morgan fingerprint density at radius 2 is 2.00 bits per heavy atom. The zero-order valence-corrected chi connectivity index (χ0v) is 15.5. The second-order valence-corrected chi connectivity index (χ2v) is 7.58. The molecule has 1 fully saturated rings. The highest BCUT2D eigenvalue weighted by Crippen LogP contribution is 2.30. The van der Waals surface area contributed by atoms with Crippen molar-refractivity contribution in [2.45, 2.75) is 51.4 Å². The third kappa shape index (κ3) is 4.39. The van der Waals surface area contributed by atoms with Crippen LogP contribution in [0, 0.1) is 0 Å². The summed E-state index contributed by atoms with van der Waals surface area (Å²) in [7, 11) is 0. The Kier molecular flexibility index (Phi) is 5.25. The normalized spacial score (nSPS) is 22.0. The van der Waals surface area contributed by atoms with Gasteiger partial charge in [0.25, 0.3) is 5.91 Å². The van der Waals surface area contributed by atoms with E-state index in [1.165, 1.54) is 0 Å². The summed E-state index contributed by atoms with van der Waals surface area (Å²) in [5.74, 6) is 0.967. The van der Waals surface area contributed by atoms with Crippen LogP contribution in [0.2, 0.25) is 0 Å². The third-order valence-electron chi connectivity index (χ3n) is 4.32. The topological polar surface area (TPSA) is 77.1 Å². The number of nitrogens with one attached hydrogen (secondary N) is 1. The predicted octanol–water partition coefficient (Wildman–Crippen LogP) is 2.34. The number of carbonyl (C=O) groups excluding carboxylic acids is 2. The fourth-order valence-corrected chi connectivity index (χ4v) is 3.09. The van der Waals surface area contributed by atoms with E-state index in [2.05, 4.69) is 5.32 Å². The zero-order valence-electron chi connectivity index (χ0n) is 15.5. The van der Waals surface area contributed by atoms with Crippen LogP contribution in [0.1, 0.15) is 33.6 Å². The van der Waals surface area contributed by atoms with Crippen LogP contribution < -0.4 is 14.8 Å². The van der Waals surface area contributed by atoms with Gasteiger partial charge in [-0.3, -0.25) is 4.79 Å². The van der Waals surface area contributed by atoms with Crippen molar-refractivity contribution in [1.29, 1.82) is 0 Å². The van der Waals surface area contributed by atoms with Crippen molar-refractivity contribution in [2.24, 2.45) is 0 Å². The molecular weight excluding hydrogens is 336 g/mol. The Hall–Kier alpha value is -2.44. The fourth-order valence-electron chi connectivity index (χ4n) is 3.09. The van der Waals surface area contributed by atoms with Crippen LogP contribution in [0.25, 0.3) is 0 Å². The number of hydrogen-bond donors (Lipinski definition) is 1. The summed E-state index contributed by atoms with van der Waals surface area (Å²) >= 11 is 0. The number of likely N-dealkylation sites (tertiary alicyclic amines) is 1. The van der Waals surface area contributed by atoms with Crippen molar-refractivity contribution >= 4 is 12.0 Å². The minimum atomic E-state index is -0.693. The maximum Gasteiger partial charge on any atom is 0.410 e. The van der Waals surface area contributed by atoms with Gasteiger partial charge in [-0.15, -0.1) is 0 Å². The van der Waals surface area contributed by atoms with E-state index in [0.29, 0.717) is 24.6 Å². The average Bonchev–Trinajstić information content (AvgIpc) is 3.06. The number of fused-ring (bicyclic) bond motifs is 1. The molecule has 1 aromatic rings. The van der Waals surface area contributed by atoms with Crippen LogP contribution in [-0.4, -0.2) is 54.3 Å². The molecule has 142 valence electrons. The lowest BCUT2D eigenvalue weighted by molar-refractivity contribution is -0.130. The standard InChI is InChI=1S/C19H26N2O5/c1-19(2,3)26-18(23)21-10-6-7-13(21)11-20-17(22)16-12-24-14-8-4-5-9-15(14)25-16/h4-5,8-9,13,16H,6-7,10-12H2,1-3H3,(H,20,22)/t13-,16+/m1/s1. The number of rotatable bonds is 3. The predicted molar refractivity (Wildman–Crippen MR) is 95.3 cm³/mol. The molecule has 7 heteroatoms. The Balaban J connectivity index is 1.52. The Morgan fingerprint density at radius 3 is 2.73 bits per heavy atom. The molecule has 2 aliphatic heterocycles. The van der Waals surface area contributed by atoms with E-state index in [4.69, 9.17) is 14.2 Å². The van der Waals surface area contributed by atoms with Gasteiger partial charge in [-0.25, -0.2) is 4.79 Å². The first-order chi connectivity index (χ1) is 12.3. The first kappa shape index (κ1) is 18.4. The Bertz CT molecular complexity index is 670. The number of para-hydroxylation sites is 2. The lowest BCUT2D eigenvalue weighted by Crippen LogP contribution is -2.49. The molecular formula is C19H26N2O5. The van der Waals surface area contributed by atoms with Crippen molar-refractivity contribution in [2.75, 3.05) is 19.7 Å². The van der Waals surface area contributed by atoms with E-state index in [1.54, 1.807) is 17.0 Å². The fraction of sp³-hybridized carbons (Fsp3) is 0.579. The minimum Gasteiger partial charge on any atom is -0.485 e. The van der Waals surface area contributed by atoms with Gasteiger partial charge in [0.05, 0.1) is 6.04 Å². The summed E-state index contributed by atoms with van der Waals surface area (Å²) in [5.41, 5.74) is -0.534. The molecule has 1 aromatic carbocycles. The Labute approximate surface area is 153 Å². The van der Waals surface area contributed by atoms with Crippen molar-refractivity contribution < 1.29 is 23.8 Å². The molecule has 2 aliphatic rings. The van der Waals surface area contributed by atoms with Crippen LogP contribution >= 0.6 is 0 Å². The highest BCUT2D eigenvalue weighted by atomic mass is 16.6. The molecule has 2 atom stereocenters. The van der Waals surface area contributed by atoms with Gasteiger partial charge < -0.3 is 24.4 Å². The molecule has 3 rings (SSSR count). The van der Waals surface area contributed by atoms with Gasteiger partial charge in [-0.2, -0.15) is 0 Å². The summed E-state index contributed by atoms with van der Waals surface area (Å²) in [4.78, 5) is 26.4. The van der Waals surface area contributed by atoms with Crippen molar-refractivity contribution in [3.8, 4) is 11.5 Å². The van der Waals surface area contributed by atoms with E-state index in [-0.39, 0.29) is 24.6 Å². The molecule has 0 bridgehead atoms. The van der Waals surface area contributed by atoms with Gasteiger partial charge in [0.15, 0.2) is 11.5 Å². The molecule has 0 unspecified atom stereocenters. The summed E-state index contributed by atoms with van der Waals surface area (Å²) in [5, 5.41) is 2.88.